The molecule has 20 heavy (non-hydrogen) atoms. The molecule has 0 aliphatic heterocycles. The van der Waals surface area contributed by atoms with Crippen LogP contribution < -0.4 is 5.32 Å². The lowest BCUT2D eigenvalue weighted by Crippen LogP contribution is -2.40. The van der Waals surface area contributed by atoms with E-state index in [2.05, 4.69) is 21.8 Å². The van der Waals surface area contributed by atoms with Crippen LogP contribution in [0.5, 0.6) is 0 Å². The predicted octanol–water partition coefficient (Wildman–Crippen LogP) is 3.25. The first-order chi connectivity index (χ1) is 9.55. The summed E-state index contributed by atoms with van der Waals surface area (Å²) in [6, 6.07) is 0.240. The van der Waals surface area contributed by atoms with Gasteiger partial charge in [-0.3, -0.25) is 0 Å². The number of nitrogens with one attached hydrogen (secondary N) is 1. The van der Waals surface area contributed by atoms with Gasteiger partial charge in [0.05, 0.1) is 0 Å². The van der Waals surface area contributed by atoms with Gasteiger partial charge in [0.2, 0.25) is 5.92 Å². The Morgan fingerprint density at radius 1 is 1.45 bits per heavy atom. The van der Waals surface area contributed by atoms with E-state index in [1.807, 2.05) is 19.4 Å². The lowest BCUT2D eigenvalue weighted by Gasteiger charge is -2.33. The van der Waals surface area contributed by atoms with Crippen LogP contribution in [-0.4, -0.2) is 28.6 Å². The Morgan fingerprint density at radius 2 is 2.15 bits per heavy atom. The Labute approximate surface area is 119 Å². The molecule has 1 aromatic heterocycles. The van der Waals surface area contributed by atoms with Gasteiger partial charge in [0, 0.05) is 44.2 Å². The highest BCUT2D eigenvalue weighted by Gasteiger charge is 2.37. The number of aryl methyl sites for hydroxylation is 1. The lowest BCUT2D eigenvalue weighted by molar-refractivity contribution is -0.0493. The third-order valence-corrected chi connectivity index (χ3v) is 4.37. The Hall–Kier alpha value is -0.970. The first kappa shape index (κ1) is 15.4. The quantitative estimate of drug-likeness (QED) is 0.869. The lowest BCUT2D eigenvalue weighted by atomic mass is 9.81. The second kappa shape index (κ2) is 6.66. The number of halogens is 2. The number of hydrogen-bond donors (Lipinski definition) is 1. The minimum absolute atomic E-state index is 0.0270. The highest BCUT2D eigenvalue weighted by Crippen LogP contribution is 2.37. The zero-order valence-corrected chi connectivity index (χ0v) is 12.4. The van der Waals surface area contributed by atoms with Gasteiger partial charge in [-0.15, -0.1) is 0 Å². The fraction of sp³-hybridized carbons (Fsp3) is 0.800. The topological polar surface area (TPSA) is 29.9 Å². The van der Waals surface area contributed by atoms with Crippen LogP contribution in [0.4, 0.5) is 8.78 Å². The fourth-order valence-electron chi connectivity index (χ4n) is 3.14. The van der Waals surface area contributed by atoms with Crippen molar-refractivity contribution in [1.82, 2.24) is 14.9 Å². The first-order valence-electron chi connectivity index (χ1n) is 7.61. The molecule has 0 spiro atoms. The molecular formula is C15H25F2N3. The average Bonchev–Trinajstić information content (AvgIpc) is 2.84. The van der Waals surface area contributed by atoms with Gasteiger partial charge in [-0.05, 0) is 32.2 Å². The van der Waals surface area contributed by atoms with Crippen molar-refractivity contribution in [3.63, 3.8) is 0 Å². The van der Waals surface area contributed by atoms with E-state index >= 15 is 0 Å². The number of rotatable bonds is 6. The van der Waals surface area contributed by atoms with Crippen LogP contribution in [0.1, 0.15) is 44.9 Å². The van der Waals surface area contributed by atoms with Crippen molar-refractivity contribution in [2.45, 2.75) is 64.0 Å². The molecule has 1 N–H and O–H groups in total. The molecule has 1 aliphatic rings. The van der Waals surface area contributed by atoms with Crippen LogP contribution >= 0.6 is 0 Å². The second-order valence-electron chi connectivity index (χ2n) is 5.83. The molecule has 1 saturated carbocycles. The van der Waals surface area contributed by atoms with E-state index in [0.29, 0.717) is 18.8 Å². The fourth-order valence-corrected chi connectivity index (χ4v) is 3.14. The summed E-state index contributed by atoms with van der Waals surface area (Å²) in [4.78, 5) is 4.42. The molecule has 0 aromatic carbocycles. The minimum atomic E-state index is -2.45. The van der Waals surface area contributed by atoms with Crippen LogP contribution in [0.15, 0.2) is 12.4 Å². The van der Waals surface area contributed by atoms with Gasteiger partial charge < -0.3 is 9.88 Å². The summed E-state index contributed by atoms with van der Waals surface area (Å²) in [6.07, 6.45) is 6.98. The summed E-state index contributed by atoms with van der Waals surface area (Å²) >= 11 is 0. The number of alkyl halides is 2. The predicted molar refractivity (Wildman–Crippen MR) is 76.0 cm³/mol. The molecule has 1 heterocycles. The Kier molecular flexibility index (Phi) is 5.13. The SMILES string of the molecule is CCCn1ccnc1CC(NC)C1CCC(F)(F)CC1. The number of nitrogens with zero attached hydrogens (tertiary/aromatic N) is 2. The molecule has 0 radical (unpaired) electrons. The molecule has 5 heteroatoms. The molecule has 1 aromatic rings. The summed E-state index contributed by atoms with van der Waals surface area (Å²) in [5.41, 5.74) is 0. The third-order valence-electron chi connectivity index (χ3n) is 4.37. The molecule has 1 unspecified atom stereocenters. The summed E-state index contributed by atoms with van der Waals surface area (Å²) in [7, 11) is 1.92. The van der Waals surface area contributed by atoms with Crippen molar-refractivity contribution < 1.29 is 8.78 Å². The molecule has 1 aliphatic carbocycles. The van der Waals surface area contributed by atoms with E-state index in [-0.39, 0.29) is 18.9 Å². The summed E-state index contributed by atoms with van der Waals surface area (Å²) in [5, 5.41) is 3.31. The van der Waals surface area contributed by atoms with E-state index < -0.39 is 5.92 Å². The average molecular weight is 285 g/mol. The van der Waals surface area contributed by atoms with Crippen LogP contribution in [0.25, 0.3) is 0 Å². The molecule has 1 fully saturated rings. The van der Waals surface area contributed by atoms with E-state index in [1.165, 1.54) is 0 Å². The minimum Gasteiger partial charge on any atom is -0.335 e. The van der Waals surface area contributed by atoms with Crippen molar-refractivity contribution in [3.8, 4) is 0 Å². The Balaban J connectivity index is 1.97. The molecule has 3 nitrogen and oxygen atoms in total. The van der Waals surface area contributed by atoms with Gasteiger partial charge in [0.15, 0.2) is 0 Å². The van der Waals surface area contributed by atoms with E-state index in [0.717, 1.165) is 25.2 Å². The molecule has 1 atom stereocenters. The van der Waals surface area contributed by atoms with Crippen LogP contribution in [-0.2, 0) is 13.0 Å². The summed E-state index contributed by atoms with van der Waals surface area (Å²) < 4.78 is 28.7. The zero-order chi connectivity index (χ0) is 14.6. The van der Waals surface area contributed by atoms with E-state index in [4.69, 9.17) is 0 Å². The number of likely N-dealkylation sites (N-methyl/N-ethyl adjacent to an activating group) is 1. The number of hydrogen-bond acceptors (Lipinski definition) is 2. The molecular weight excluding hydrogens is 260 g/mol. The first-order valence-corrected chi connectivity index (χ1v) is 7.61. The van der Waals surface area contributed by atoms with E-state index in [1.54, 1.807) is 0 Å². The Morgan fingerprint density at radius 3 is 2.75 bits per heavy atom. The summed E-state index contributed by atoms with van der Waals surface area (Å²) in [5.74, 6) is -1.06. The highest BCUT2D eigenvalue weighted by atomic mass is 19.3. The molecule has 114 valence electrons. The van der Waals surface area contributed by atoms with Crippen molar-refractivity contribution in [2.75, 3.05) is 7.05 Å². The maximum Gasteiger partial charge on any atom is 0.248 e. The van der Waals surface area contributed by atoms with Crippen molar-refractivity contribution in [3.05, 3.63) is 18.2 Å². The van der Waals surface area contributed by atoms with Crippen LogP contribution in [0.3, 0.4) is 0 Å². The normalized spacial score (nSPS) is 21.0. The number of imidazole rings is 1. The smallest absolute Gasteiger partial charge is 0.248 e. The van der Waals surface area contributed by atoms with Crippen molar-refractivity contribution in [1.29, 1.82) is 0 Å². The van der Waals surface area contributed by atoms with Gasteiger partial charge in [0.1, 0.15) is 5.82 Å². The molecule has 2 rings (SSSR count). The highest BCUT2D eigenvalue weighted by molar-refractivity contribution is 4.98. The maximum atomic E-state index is 13.3. The number of aromatic nitrogens is 2. The van der Waals surface area contributed by atoms with Crippen molar-refractivity contribution in [2.24, 2.45) is 5.92 Å². The largest absolute Gasteiger partial charge is 0.335 e. The van der Waals surface area contributed by atoms with Gasteiger partial charge >= 0.3 is 0 Å². The standard InChI is InChI=1S/C15H25F2N3/c1-3-9-20-10-8-19-14(20)11-13(18-2)12-4-6-15(16,17)7-5-12/h8,10,12-13,18H,3-7,9,11H2,1-2H3. The van der Waals surface area contributed by atoms with Crippen LogP contribution in [0, 0.1) is 5.92 Å². The van der Waals surface area contributed by atoms with Gasteiger partial charge in [0.25, 0.3) is 0 Å². The monoisotopic (exact) mass is 285 g/mol. The molecule has 0 bridgehead atoms. The van der Waals surface area contributed by atoms with Crippen molar-refractivity contribution >= 4 is 0 Å². The maximum absolute atomic E-state index is 13.3. The van der Waals surface area contributed by atoms with Gasteiger partial charge in [-0.1, -0.05) is 6.92 Å². The van der Waals surface area contributed by atoms with E-state index in [9.17, 15) is 8.78 Å². The zero-order valence-electron chi connectivity index (χ0n) is 12.4. The summed E-state index contributed by atoms with van der Waals surface area (Å²) in [6.45, 7) is 3.11. The van der Waals surface area contributed by atoms with Gasteiger partial charge in [-0.25, -0.2) is 13.8 Å². The second-order valence-corrected chi connectivity index (χ2v) is 5.83. The van der Waals surface area contributed by atoms with Gasteiger partial charge in [-0.2, -0.15) is 0 Å². The third kappa shape index (κ3) is 3.78. The molecule has 0 amide bonds. The Bertz CT molecular complexity index is 407. The van der Waals surface area contributed by atoms with Crippen LogP contribution in [0.2, 0.25) is 0 Å². The molecule has 0 saturated heterocycles.